The highest BCUT2D eigenvalue weighted by molar-refractivity contribution is 7.89. The maximum atomic E-state index is 13.4. The highest BCUT2D eigenvalue weighted by Crippen LogP contribution is 2.32. The molecule has 1 aliphatic heterocycles. The van der Waals surface area contributed by atoms with Crippen LogP contribution in [0.5, 0.6) is 0 Å². The summed E-state index contributed by atoms with van der Waals surface area (Å²) < 4.78 is 28.5. The van der Waals surface area contributed by atoms with Crippen molar-refractivity contribution in [2.75, 3.05) is 26.2 Å². The molecule has 0 radical (unpaired) electrons. The van der Waals surface area contributed by atoms with E-state index in [1.54, 1.807) is 10.5 Å². The molecule has 0 atom stereocenters. The van der Waals surface area contributed by atoms with E-state index in [0.717, 1.165) is 47.6 Å². The lowest BCUT2D eigenvalue weighted by Gasteiger charge is -2.34. The van der Waals surface area contributed by atoms with Crippen molar-refractivity contribution in [2.45, 2.75) is 46.1 Å². The first-order valence-corrected chi connectivity index (χ1v) is 10.9. The van der Waals surface area contributed by atoms with Crippen molar-refractivity contribution in [1.82, 2.24) is 14.2 Å². The second-order valence-electron chi connectivity index (χ2n) is 7.46. The third-order valence-electron chi connectivity index (χ3n) is 5.97. The van der Waals surface area contributed by atoms with Gasteiger partial charge in [0.15, 0.2) is 0 Å². The molecule has 0 spiro atoms. The number of piperazine rings is 1. The van der Waals surface area contributed by atoms with Crippen molar-refractivity contribution in [3.63, 3.8) is 0 Å². The molecule has 3 rings (SSSR count). The monoisotopic (exact) mass is 387 g/mol. The van der Waals surface area contributed by atoms with E-state index in [4.69, 9.17) is 0 Å². The summed E-state index contributed by atoms with van der Waals surface area (Å²) in [6, 6.07) is 5.90. The number of nitrogens with zero attached hydrogens (tertiary/aromatic N) is 3. The molecule has 1 saturated heterocycles. The highest BCUT2D eigenvalue weighted by atomic mass is 32.2. The van der Waals surface area contributed by atoms with Crippen molar-refractivity contribution in [2.24, 2.45) is 0 Å². The summed E-state index contributed by atoms with van der Waals surface area (Å²) in [5.74, 6) is 0. The molecule has 5 nitrogen and oxygen atoms in total. The fourth-order valence-electron chi connectivity index (χ4n) is 3.83. The van der Waals surface area contributed by atoms with Gasteiger partial charge in [-0.15, -0.1) is 0 Å². The standard InChI is InChI=1S/C21H29N3O2S/c1-15-16(2)18(4)21(19(5)17(15)3)27(25,26)24-12-10-23(11-13-24)14-20-8-6-7-9-22-20/h6-9H,10-14H2,1-5H3. The summed E-state index contributed by atoms with van der Waals surface area (Å²) in [7, 11) is -3.49. The lowest BCUT2D eigenvalue weighted by atomic mass is 9.95. The molecule has 0 N–H and O–H groups in total. The van der Waals surface area contributed by atoms with E-state index in [0.29, 0.717) is 18.0 Å². The molecule has 27 heavy (non-hydrogen) atoms. The first kappa shape index (κ1) is 20.0. The molecule has 0 unspecified atom stereocenters. The quantitative estimate of drug-likeness (QED) is 0.809. The number of benzene rings is 1. The van der Waals surface area contributed by atoms with Gasteiger partial charge in [-0.05, 0) is 74.6 Å². The molecule has 1 aromatic heterocycles. The zero-order valence-electron chi connectivity index (χ0n) is 16.9. The van der Waals surface area contributed by atoms with Gasteiger partial charge in [-0.3, -0.25) is 9.88 Å². The lowest BCUT2D eigenvalue weighted by molar-refractivity contribution is 0.180. The molecule has 1 aliphatic rings. The summed E-state index contributed by atoms with van der Waals surface area (Å²) in [6.07, 6.45) is 1.80. The normalized spacial score (nSPS) is 16.6. The largest absolute Gasteiger partial charge is 0.295 e. The van der Waals surface area contributed by atoms with Gasteiger partial charge in [0, 0.05) is 38.9 Å². The van der Waals surface area contributed by atoms with Crippen LogP contribution in [-0.4, -0.2) is 48.8 Å². The van der Waals surface area contributed by atoms with Gasteiger partial charge < -0.3 is 0 Å². The minimum absolute atomic E-state index is 0.501. The van der Waals surface area contributed by atoms with E-state index >= 15 is 0 Å². The second kappa shape index (κ2) is 7.70. The maximum absolute atomic E-state index is 13.4. The molecule has 1 fully saturated rings. The van der Waals surface area contributed by atoms with Gasteiger partial charge in [0.1, 0.15) is 0 Å². The predicted molar refractivity (Wildman–Crippen MR) is 108 cm³/mol. The third-order valence-corrected chi connectivity index (χ3v) is 8.15. The van der Waals surface area contributed by atoms with Crippen molar-refractivity contribution in [3.8, 4) is 0 Å². The van der Waals surface area contributed by atoms with Gasteiger partial charge in [-0.25, -0.2) is 8.42 Å². The number of sulfonamides is 1. The third kappa shape index (κ3) is 3.79. The first-order valence-electron chi connectivity index (χ1n) is 9.43. The summed E-state index contributed by atoms with van der Waals surface area (Å²) in [6.45, 7) is 13.2. The van der Waals surface area contributed by atoms with E-state index in [-0.39, 0.29) is 0 Å². The molecule has 0 bridgehead atoms. The average Bonchev–Trinajstić information content (AvgIpc) is 2.66. The van der Waals surface area contributed by atoms with Crippen LogP contribution in [0.2, 0.25) is 0 Å². The highest BCUT2D eigenvalue weighted by Gasteiger charge is 2.32. The predicted octanol–water partition coefficient (Wildman–Crippen LogP) is 3.13. The molecule has 1 aromatic carbocycles. The number of hydrogen-bond acceptors (Lipinski definition) is 4. The zero-order valence-corrected chi connectivity index (χ0v) is 17.7. The van der Waals surface area contributed by atoms with Crippen molar-refractivity contribution < 1.29 is 8.42 Å². The minimum atomic E-state index is -3.49. The Morgan fingerprint density at radius 3 is 1.93 bits per heavy atom. The van der Waals surface area contributed by atoms with Crippen molar-refractivity contribution in [1.29, 1.82) is 0 Å². The van der Waals surface area contributed by atoms with Crippen LogP contribution in [0.1, 0.15) is 33.5 Å². The van der Waals surface area contributed by atoms with Gasteiger partial charge in [-0.2, -0.15) is 4.31 Å². The Morgan fingerprint density at radius 2 is 1.41 bits per heavy atom. The van der Waals surface area contributed by atoms with Crippen LogP contribution in [0.25, 0.3) is 0 Å². The minimum Gasteiger partial charge on any atom is -0.295 e. The maximum Gasteiger partial charge on any atom is 0.243 e. The van der Waals surface area contributed by atoms with Crippen molar-refractivity contribution >= 4 is 10.0 Å². The van der Waals surface area contributed by atoms with E-state index < -0.39 is 10.0 Å². The van der Waals surface area contributed by atoms with Crippen LogP contribution in [-0.2, 0) is 16.6 Å². The lowest BCUT2D eigenvalue weighted by Crippen LogP contribution is -2.48. The second-order valence-corrected chi connectivity index (χ2v) is 9.33. The fraction of sp³-hybridized carbons (Fsp3) is 0.476. The molecule has 2 heterocycles. The smallest absolute Gasteiger partial charge is 0.243 e. The Morgan fingerprint density at radius 1 is 0.852 bits per heavy atom. The van der Waals surface area contributed by atoms with E-state index in [1.807, 2.05) is 45.9 Å². The number of aromatic nitrogens is 1. The summed E-state index contributed by atoms with van der Waals surface area (Å²) in [5.41, 5.74) is 6.11. The molecule has 0 saturated carbocycles. The van der Waals surface area contributed by atoms with Crippen LogP contribution in [0, 0.1) is 34.6 Å². The number of hydrogen-bond donors (Lipinski definition) is 0. The van der Waals surface area contributed by atoms with E-state index in [2.05, 4.69) is 16.8 Å². The van der Waals surface area contributed by atoms with Crippen LogP contribution in [0.15, 0.2) is 29.3 Å². The SMILES string of the molecule is Cc1c(C)c(C)c(S(=O)(=O)N2CCN(Cc3ccccn3)CC2)c(C)c1C. The first-order chi connectivity index (χ1) is 12.7. The summed E-state index contributed by atoms with van der Waals surface area (Å²) >= 11 is 0. The molecular formula is C21H29N3O2S. The fourth-order valence-corrected chi connectivity index (χ4v) is 5.81. The van der Waals surface area contributed by atoms with Gasteiger partial charge in [0.25, 0.3) is 0 Å². The molecule has 2 aromatic rings. The molecule has 0 amide bonds. The molecular weight excluding hydrogens is 358 g/mol. The van der Waals surface area contributed by atoms with Crippen LogP contribution < -0.4 is 0 Å². The molecule has 0 aliphatic carbocycles. The van der Waals surface area contributed by atoms with Gasteiger partial charge >= 0.3 is 0 Å². The Kier molecular flexibility index (Phi) is 5.70. The van der Waals surface area contributed by atoms with E-state index in [1.165, 1.54) is 5.56 Å². The van der Waals surface area contributed by atoms with Gasteiger partial charge in [-0.1, -0.05) is 6.07 Å². The van der Waals surface area contributed by atoms with Gasteiger partial charge in [0.05, 0.1) is 10.6 Å². The number of rotatable bonds is 4. The summed E-state index contributed by atoms with van der Waals surface area (Å²) in [5, 5.41) is 0. The Balaban J connectivity index is 1.80. The van der Waals surface area contributed by atoms with E-state index in [9.17, 15) is 8.42 Å². The Labute approximate surface area is 163 Å². The van der Waals surface area contributed by atoms with Gasteiger partial charge in [0.2, 0.25) is 10.0 Å². The van der Waals surface area contributed by atoms with Crippen molar-refractivity contribution in [3.05, 3.63) is 57.9 Å². The molecule has 146 valence electrons. The van der Waals surface area contributed by atoms with Crippen LogP contribution in [0.3, 0.4) is 0 Å². The Bertz CT molecular complexity index is 903. The average molecular weight is 388 g/mol. The van der Waals surface area contributed by atoms with Crippen LogP contribution >= 0.6 is 0 Å². The van der Waals surface area contributed by atoms with Crippen LogP contribution in [0.4, 0.5) is 0 Å². The summed E-state index contributed by atoms with van der Waals surface area (Å²) in [4.78, 5) is 7.13. The topological polar surface area (TPSA) is 53.5 Å². The number of pyridine rings is 1. The zero-order chi connectivity index (χ0) is 19.8. The Hall–Kier alpha value is -1.76. The molecule has 6 heteroatoms.